The molecule has 3 amide bonds. The summed E-state index contributed by atoms with van der Waals surface area (Å²) in [6, 6.07) is 11.5. The molecule has 0 saturated carbocycles. The van der Waals surface area contributed by atoms with Crippen molar-refractivity contribution in [3.63, 3.8) is 0 Å². The molecule has 2 aromatic rings. The number of hydrogen-bond donors (Lipinski definition) is 2. The molecule has 6 nitrogen and oxygen atoms in total. The Morgan fingerprint density at radius 3 is 2.80 bits per heavy atom. The molecule has 0 spiro atoms. The van der Waals surface area contributed by atoms with Crippen molar-refractivity contribution in [1.82, 2.24) is 10.2 Å². The second-order valence-electron chi connectivity index (χ2n) is 7.67. The molecule has 1 saturated heterocycles. The predicted octanol–water partition coefficient (Wildman–Crippen LogP) is 4.55. The molecule has 0 radical (unpaired) electrons. The minimum atomic E-state index is -0.716. The summed E-state index contributed by atoms with van der Waals surface area (Å²) in [5.41, 5.74) is 0.326. The van der Waals surface area contributed by atoms with Gasteiger partial charge in [0.25, 0.3) is 0 Å². The van der Waals surface area contributed by atoms with Gasteiger partial charge in [0.05, 0.1) is 18.2 Å². The molecule has 2 aromatic carbocycles. The van der Waals surface area contributed by atoms with E-state index in [1.165, 1.54) is 12.1 Å². The van der Waals surface area contributed by atoms with Crippen molar-refractivity contribution in [2.45, 2.75) is 26.3 Å². The predicted molar refractivity (Wildman–Crippen MR) is 117 cm³/mol. The van der Waals surface area contributed by atoms with Crippen LogP contribution in [0.5, 0.6) is 5.75 Å². The van der Waals surface area contributed by atoms with Gasteiger partial charge in [-0.3, -0.25) is 4.79 Å². The Kier molecular flexibility index (Phi) is 6.97. The van der Waals surface area contributed by atoms with Crippen LogP contribution in [0.3, 0.4) is 0 Å². The molecule has 1 unspecified atom stereocenters. The summed E-state index contributed by atoms with van der Waals surface area (Å²) in [6.07, 6.45) is 1.37. The van der Waals surface area contributed by atoms with Crippen LogP contribution in [0.2, 0.25) is 0 Å². The van der Waals surface area contributed by atoms with Crippen LogP contribution in [0, 0.1) is 11.2 Å². The van der Waals surface area contributed by atoms with Crippen LogP contribution >= 0.6 is 15.9 Å². The smallest absolute Gasteiger partial charge is 0.321 e. The summed E-state index contributed by atoms with van der Waals surface area (Å²) in [5.74, 6) is 0.0971. The minimum Gasteiger partial charge on any atom is -0.497 e. The van der Waals surface area contributed by atoms with Gasteiger partial charge in [-0.2, -0.15) is 0 Å². The molecule has 30 heavy (non-hydrogen) atoms. The molecule has 1 aliphatic rings. The van der Waals surface area contributed by atoms with E-state index in [2.05, 4.69) is 26.6 Å². The number of nitrogens with zero attached hydrogens (tertiary/aromatic N) is 1. The lowest BCUT2D eigenvalue weighted by molar-refractivity contribution is -0.132. The van der Waals surface area contributed by atoms with E-state index >= 15 is 0 Å². The second-order valence-corrected chi connectivity index (χ2v) is 8.59. The zero-order valence-corrected chi connectivity index (χ0v) is 18.6. The lowest BCUT2D eigenvalue weighted by atomic mass is 9.81. The van der Waals surface area contributed by atoms with Crippen molar-refractivity contribution in [2.24, 2.45) is 5.41 Å². The Bertz CT molecular complexity index is 940. The highest BCUT2D eigenvalue weighted by molar-refractivity contribution is 9.10. The number of benzene rings is 2. The van der Waals surface area contributed by atoms with E-state index in [-0.39, 0.29) is 18.1 Å². The number of methoxy groups -OCH3 is 1. The number of hydrogen-bond acceptors (Lipinski definition) is 3. The fraction of sp³-hybridized carbons (Fsp3) is 0.364. The topological polar surface area (TPSA) is 70.7 Å². The number of nitrogens with one attached hydrogen (secondary N) is 2. The number of piperidine rings is 1. The van der Waals surface area contributed by atoms with Crippen molar-refractivity contribution in [1.29, 1.82) is 0 Å². The van der Waals surface area contributed by atoms with Crippen LogP contribution in [0.25, 0.3) is 0 Å². The van der Waals surface area contributed by atoms with E-state index < -0.39 is 17.3 Å². The first kappa shape index (κ1) is 22.1. The van der Waals surface area contributed by atoms with Gasteiger partial charge in [0.2, 0.25) is 5.91 Å². The van der Waals surface area contributed by atoms with Crippen LogP contribution in [-0.2, 0) is 11.3 Å². The van der Waals surface area contributed by atoms with Crippen LogP contribution < -0.4 is 15.4 Å². The summed E-state index contributed by atoms with van der Waals surface area (Å²) in [7, 11) is 1.60. The number of carbonyl (C=O) groups is 2. The van der Waals surface area contributed by atoms with Crippen LogP contribution in [0.1, 0.15) is 25.3 Å². The highest BCUT2D eigenvalue weighted by atomic mass is 79.9. The number of ether oxygens (including phenoxy) is 1. The number of urea groups is 1. The van der Waals surface area contributed by atoms with E-state index in [1.807, 2.05) is 31.2 Å². The number of halogens is 2. The van der Waals surface area contributed by atoms with Gasteiger partial charge < -0.3 is 20.3 Å². The zero-order chi connectivity index (χ0) is 21.7. The SMILES string of the molecule is COc1cccc(CNC(=O)C2(C)CCCN(C(=O)Nc3ccc(Br)cc3F)C2)c1. The molecular weight excluding hydrogens is 453 g/mol. The standard InChI is InChI=1S/C22H25BrFN3O3/c1-22(20(28)25-13-15-5-3-6-17(11-15)30-2)9-4-10-27(14-22)21(29)26-19-8-7-16(23)12-18(19)24/h3,5-8,11-12H,4,9-10,13-14H2,1-2H3,(H,25,28)(H,26,29). The monoisotopic (exact) mass is 477 g/mol. The van der Waals surface area contributed by atoms with E-state index in [0.717, 1.165) is 11.3 Å². The lowest BCUT2D eigenvalue weighted by Crippen LogP contribution is -2.52. The van der Waals surface area contributed by atoms with Crippen LogP contribution in [0.15, 0.2) is 46.9 Å². The average molecular weight is 478 g/mol. The third kappa shape index (κ3) is 5.30. The van der Waals surface area contributed by atoms with Gasteiger partial charge in [-0.25, -0.2) is 9.18 Å². The van der Waals surface area contributed by atoms with E-state index in [4.69, 9.17) is 4.74 Å². The summed E-state index contributed by atoms with van der Waals surface area (Å²) < 4.78 is 19.8. The molecule has 160 valence electrons. The van der Waals surface area contributed by atoms with Gasteiger partial charge in [0, 0.05) is 24.1 Å². The molecule has 0 bridgehead atoms. The summed E-state index contributed by atoms with van der Waals surface area (Å²) in [6.45, 7) is 3.01. The van der Waals surface area contributed by atoms with Crippen LogP contribution in [-0.4, -0.2) is 37.0 Å². The molecule has 1 fully saturated rings. The molecule has 1 atom stereocenters. The maximum atomic E-state index is 14.0. The Labute approximate surface area is 183 Å². The van der Waals surface area contributed by atoms with E-state index in [1.54, 1.807) is 18.1 Å². The number of amides is 3. The van der Waals surface area contributed by atoms with Crippen molar-refractivity contribution in [3.05, 3.63) is 58.3 Å². The quantitative estimate of drug-likeness (QED) is 0.663. The van der Waals surface area contributed by atoms with Crippen molar-refractivity contribution >= 4 is 33.6 Å². The van der Waals surface area contributed by atoms with Crippen molar-refractivity contribution in [3.8, 4) is 5.75 Å². The van der Waals surface area contributed by atoms with Gasteiger partial charge in [-0.1, -0.05) is 28.1 Å². The fourth-order valence-corrected chi connectivity index (χ4v) is 3.89. The zero-order valence-electron chi connectivity index (χ0n) is 17.0. The maximum absolute atomic E-state index is 14.0. The Hall–Kier alpha value is -2.61. The normalized spacial score (nSPS) is 18.6. The number of likely N-dealkylation sites (tertiary alicyclic amines) is 1. The molecule has 8 heteroatoms. The summed E-state index contributed by atoms with van der Waals surface area (Å²) in [5, 5.41) is 5.57. The molecule has 0 aliphatic carbocycles. The lowest BCUT2D eigenvalue weighted by Gasteiger charge is -2.39. The molecule has 1 aliphatic heterocycles. The summed E-state index contributed by atoms with van der Waals surface area (Å²) in [4.78, 5) is 27.1. The van der Waals surface area contributed by atoms with Gasteiger partial charge in [0.15, 0.2) is 0 Å². The van der Waals surface area contributed by atoms with E-state index in [0.29, 0.717) is 30.4 Å². The first-order valence-corrected chi connectivity index (χ1v) is 10.5. The molecule has 2 N–H and O–H groups in total. The molecule has 1 heterocycles. The third-order valence-electron chi connectivity index (χ3n) is 5.29. The second kappa shape index (κ2) is 9.47. The van der Waals surface area contributed by atoms with Crippen molar-refractivity contribution in [2.75, 3.05) is 25.5 Å². The Balaban J connectivity index is 1.61. The maximum Gasteiger partial charge on any atom is 0.321 e. The van der Waals surface area contributed by atoms with Crippen LogP contribution in [0.4, 0.5) is 14.9 Å². The third-order valence-corrected chi connectivity index (χ3v) is 5.79. The minimum absolute atomic E-state index is 0.109. The van der Waals surface area contributed by atoms with Gasteiger partial charge >= 0.3 is 6.03 Å². The number of rotatable bonds is 5. The Morgan fingerprint density at radius 2 is 2.07 bits per heavy atom. The Morgan fingerprint density at radius 1 is 1.27 bits per heavy atom. The van der Waals surface area contributed by atoms with Gasteiger partial charge in [-0.15, -0.1) is 0 Å². The van der Waals surface area contributed by atoms with Crippen molar-refractivity contribution < 1.29 is 18.7 Å². The first-order valence-electron chi connectivity index (χ1n) is 9.73. The average Bonchev–Trinajstić information content (AvgIpc) is 2.74. The number of anilines is 1. The molecule has 0 aromatic heterocycles. The molecule has 3 rings (SSSR count). The highest BCUT2D eigenvalue weighted by Crippen LogP contribution is 2.30. The first-order chi connectivity index (χ1) is 14.3. The number of carbonyl (C=O) groups excluding carboxylic acids is 2. The highest BCUT2D eigenvalue weighted by Gasteiger charge is 2.39. The largest absolute Gasteiger partial charge is 0.497 e. The fourth-order valence-electron chi connectivity index (χ4n) is 3.56. The molecular formula is C22H25BrFN3O3. The van der Waals surface area contributed by atoms with Gasteiger partial charge in [-0.05, 0) is 55.7 Å². The summed E-state index contributed by atoms with van der Waals surface area (Å²) >= 11 is 3.19. The van der Waals surface area contributed by atoms with E-state index in [9.17, 15) is 14.0 Å². The van der Waals surface area contributed by atoms with Gasteiger partial charge in [0.1, 0.15) is 11.6 Å².